The molecule has 1 aliphatic heterocycles. The van der Waals surface area contributed by atoms with Gasteiger partial charge in [0.15, 0.2) is 0 Å². The third-order valence-electron chi connectivity index (χ3n) is 4.97. The van der Waals surface area contributed by atoms with E-state index in [1.54, 1.807) is 4.90 Å². The summed E-state index contributed by atoms with van der Waals surface area (Å²) >= 11 is 0. The van der Waals surface area contributed by atoms with E-state index >= 15 is 0 Å². The molecule has 0 atom stereocenters. The fourth-order valence-corrected chi connectivity index (χ4v) is 3.52. The smallest absolute Gasteiger partial charge is 0.258 e. The average Bonchev–Trinajstić information content (AvgIpc) is 2.90. The Bertz CT molecular complexity index is 963. The van der Waals surface area contributed by atoms with Crippen LogP contribution in [-0.2, 0) is 0 Å². The van der Waals surface area contributed by atoms with E-state index in [4.69, 9.17) is 0 Å². The molecular formula is C24H21NO. The van der Waals surface area contributed by atoms with Gasteiger partial charge in [-0.15, -0.1) is 0 Å². The molecule has 128 valence electrons. The van der Waals surface area contributed by atoms with Crippen LogP contribution >= 0.6 is 0 Å². The lowest BCUT2D eigenvalue weighted by atomic mass is 9.92. The molecule has 4 rings (SSSR count). The molecule has 1 heterocycles. The molecule has 0 unspecified atom stereocenters. The van der Waals surface area contributed by atoms with Crippen molar-refractivity contribution in [2.24, 2.45) is 0 Å². The molecule has 0 spiro atoms. The van der Waals surface area contributed by atoms with E-state index in [1.807, 2.05) is 31.3 Å². The van der Waals surface area contributed by atoms with Crippen LogP contribution in [0.2, 0.25) is 0 Å². The highest BCUT2D eigenvalue weighted by molar-refractivity contribution is 6.15. The molecule has 0 aliphatic carbocycles. The van der Waals surface area contributed by atoms with Crippen LogP contribution < -0.4 is 0 Å². The monoisotopic (exact) mass is 339 g/mol. The second-order valence-electron chi connectivity index (χ2n) is 6.87. The number of benzene rings is 3. The highest BCUT2D eigenvalue weighted by Gasteiger charge is 2.32. The van der Waals surface area contributed by atoms with Crippen LogP contribution in [0.3, 0.4) is 0 Å². The minimum Gasteiger partial charge on any atom is -0.310 e. The van der Waals surface area contributed by atoms with Gasteiger partial charge in [0, 0.05) is 23.7 Å². The first-order valence-electron chi connectivity index (χ1n) is 8.82. The van der Waals surface area contributed by atoms with Gasteiger partial charge < -0.3 is 4.90 Å². The van der Waals surface area contributed by atoms with Crippen LogP contribution in [0.25, 0.3) is 11.3 Å². The van der Waals surface area contributed by atoms with Crippen molar-refractivity contribution < 1.29 is 4.79 Å². The van der Waals surface area contributed by atoms with Crippen molar-refractivity contribution >= 4 is 17.2 Å². The van der Waals surface area contributed by atoms with Crippen molar-refractivity contribution in [3.05, 3.63) is 106 Å². The third kappa shape index (κ3) is 2.64. The summed E-state index contributed by atoms with van der Waals surface area (Å²) in [6.45, 7) is 4.17. The Hall–Kier alpha value is -3.13. The van der Waals surface area contributed by atoms with Crippen molar-refractivity contribution in [2.45, 2.75) is 13.8 Å². The van der Waals surface area contributed by atoms with Crippen molar-refractivity contribution in [3.63, 3.8) is 0 Å². The maximum Gasteiger partial charge on any atom is 0.258 e. The highest BCUT2D eigenvalue weighted by atomic mass is 16.2. The third-order valence-corrected chi connectivity index (χ3v) is 4.97. The summed E-state index contributed by atoms with van der Waals surface area (Å²) in [5, 5.41) is 0. The fourth-order valence-electron chi connectivity index (χ4n) is 3.52. The first-order chi connectivity index (χ1) is 12.6. The molecule has 0 radical (unpaired) electrons. The summed E-state index contributed by atoms with van der Waals surface area (Å²) in [7, 11) is 1.86. The van der Waals surface area contributed by atoms with Gasteiger partial charge in [0.05, 0.1) is 5.70 Å². The van der Waals surface area contributed by atoms with Crippen molar-refractivity contribution in [1.82, 2.24) is 4.90 Å². The SMILES string of the molecule is Cc1ccc(C(=C2c3ccccc3C(=O)N2C)c2ccc(C)cc2)cc1. The normalized spacial score (nSPS) is 13.1. The second-order valence-corrected chi connectivity index (χ2v) is 6.87. The van der Waals surface area contributed by atoms with E-state index in [0.717, 1.165) is 33.5 Å². The van der Waals surface area contributed by atoms with Gasteiger partial charge in [-0.1, -0.05) is 77.9 Å². The number of hydrogen-bond donors (Lipinski definition) is 0. The van der Waals surface area contributed by atoms with Crippen LogP contribution in [0.5, 0.6) is 0 Å². The zero-order chi connectivity index (χ0) is 18.3. The van der Waals surface area contributed by atoms with Gasteiger partial charge in [0.2, 0.25) is 0 Å². The molecule has 3 aromatic rings. The predicted octanol–water partition coefficient (Wildman–Crippen LogP) is 5.31. The number of amides is 1. The maximum absolute atomic E-state index is 12.8. The van der Waals surface area contributed by atoms with Crippen molar-refractivity contribution in [3.8, 4) is 0 Å². The zero-order valence-electron chi connectivity index (χ0n) is 15.3. The molecule has 2 nitrogen and oxygen atoms in total. The Morgan fingerprint density at radius 1 is 0.692 bits per heavy atom. The van der Waals surface area contributed by atoms with Gasteiger partial charge in [-0.05, 0) is 31.0 Å². The second kappa shape index (κ2) is 6.30. The van der Waals surface area contributed by atoms with Crippen LogP contribution in [0.15, 0.2) is 72.8 Å². The lowest BCUT2D eigenvalue weighted by molar-refractivity contribution is 0.0875. The van der Waals surface area contributed by atoms with E-state index < -0.39 is 0 Å². The van der Waals surface area contributed by atoms with Crippen LogP contribution in [0, 0.1) is 13.8 Å². The van der Waals surface area contributed by atoms with E-state index in [0.29, 0.717) is 0 Å². The fraction of sp³-hybridized carbons (Fsp3) is 0.125. The van der Waals surface area contributed by atoms with Crippen LogP contribution in [0.4, 0.5) is 0 Å². The Labute approximate surface area is 154 Å². The van der Waals surface area contributed by atoms with Crippen molar-refractivity contribution in [2.75, 3.05) is 7.05 Å². The van der Waals surface area contributed by atoms with E-state index in [9.17, 15) is 4.79 Å². The highest BCUT2D eigenvalue weighted by Crippen LogP contribution is 2.40. The van der Waals surface area contributed by atoms with Gasteiger partial charge >= 0.3 is 0 Å². The molecule has 1 amide bonds. The Kier molecular flexibility index (Phi) is 3.96. The molecule has 26 heavy (non-hydrogen) atoms. The number of carbonyl (C=O) groups excluding carboxylic acids is 1. The van der Waals surface area contributed by atoms with Gasteiger partial charge in [0.25, 0.3) is 5.91 Å². The van der Waals surface area contributed by atoms with E-state index in [-0.39, 0.29) is 5.91 Å². The largest absolute Gasteiger partial charge is 0.310 e. The van der Waals surface area contributed by atoms with Crippen LogP contribution in [-0.4, -0.2) is 17.9 Å². The average molecular weight is 339 g/mol. The summed E-state index contributed by atoms with van der Waals surface area (Å²) in [5.74, 6) is 0.0484. The topological polar surface area (TPSA) is 20.3 Å². The number of nitrogens with zero attached hydrogens (tertiary/aromatic N) is 1. The first kappa shape index (κ1) is 16.3. The summed E-state index contributed by atoms with van der Waals surface area (Å²) in [6.07, 6.45) is 0. The minimum absolute atomic E-state index is 0.0484. The molecule has 0 aromatic heterocycles. The molecule has 3 aromatic carbocycles. The summed E-state index contributed by atoms with van der Waals surface area (Å²) < 4.78 is 0. The lowest BCUT2D eigenvalue weighted by Gasteiger charge is -2.19. The lowest BCUT2D eigenvalue weighted by Crippen LogP contribution is -2.18. The first-order valence-corrected chi connectivity index (χ1v) is 8.82. The van der Waals surface area contributed by atoms with E-state index in [2.05, 4.69) is 62.4 Å². The van der Waals surface area contributed by atoms with Gasteiger partial charge in [0.1, 0.15) is 0 Å². The van der Waals surface area contributed by atoms with Gasteiger partial charge in [-0.3, -0.25) is 4.79 Å². The van der Waals surface area contributed by atoms with Gasteiger partial charge in [-0.2, -0.15) is 0 Å². The molecule has 2 heteroatoms. The Morgan fingerprint density at radius 2 is 1.15 bits per heavy atom. The summed E-state index contributed by atoms with van der Waals surface area (Å²) in [5.41, 5.74) is 8.50. The molecule has 0 N–H and O–H groups in total. The number of hydrogen-bond acceptors (Lipinski definition) is 1. The number of carbonyl (C=O) groups is 1. The maximum atomic E-state index is 12.8. The number of fused-ring (bicyclic) bond motifs is 1. The molecular weight excluding hydrogens is 318 g/mol. The summed E-state index contributed by atoms with van der Waals surface area (Å²) in [4.78, 5) is 14.6. The van der Waals surface area contributed by atoms with Crippen molar-refractivity contribution in [1.29, 1.82) is 0 Å². The van der Waals surface area contributed by atoms with Crippen LogP contribution in [0.1, 0.15) is 38.2 Å². The molecule has 0 saturated carbocycles. The molecule has 1 aliphatic rings. The molecule has 0 fully saturated rings. The quantitative estimate of drug-likeness (QED) is 0.620. The Morgan fingerprint density at radius 3 is 1.65 bits per heavy atom. The standard InChI is InChI=1S/C24H21NO/c1-16-8-12-18(13-9-16)22(19-14-10-17(2)11-15-19)23-20-6-4-5-7-21(20)24(26)25(23)3/h4-15H,1-3H3. The minimum atomic E-state index is 0.0484. The molecule has 0 bridgehead atoms. The number of aryl methyl sites for hydroxylation is 2. The van der Waals surface area contributed by atoms with E-state index in [1.165, 1.54) is 11.1 Å². The zero-order valence-corrected chi connectivity index (χ0v) is 15.3. The summed E-state index contributed by atoms with van der Waals surface area (Å²) in [6, 6.07) is 24.9. The predicted molar refractivity (Wildman–Crippen MR) is 107 cm³/mol. The van der Waals surface area contributed by atoms with Gasteiger partial charge in [-0.25, -0.2) is 0 Å². The number of rotatable bonds is 2. The Balaban J connectivity index is 2.05. The molecule has 0 saturated heterocycles.